The monoisotopic (exact) mass is 156 g/mol. The first kappa shape index (κ1) is 7.16. The highest BCUT2D eigenvalue weighted by Gasteiger charge is 1.97. The number of hydrogen-bond acceptors (Lipinski definition) is 2. The van der Waals surface area contributed by atoms with Crippen LogP contribution < -0.4 is 11.1 Å². The van der Waals surface area contributed by atoms with E-state index < -0.39 is 0 Å². The van der Waals surface area contributed by atoms with Gasteiger partial charge in [0, 0.05) is 11.5 Å². The van der Waals surface area contributed by atoms with Crippen LogP contribution in [-0.4, -0.2) is 7.85 Å². The van der Waals surface area contributed by atoms with Crippen molar-refractivity contribution in [3.63, 3.8) is 0 Å². The second kappa shape index (κ2) is 2.52. The van der Waals surface area contributed by atoms with Crippen molar-refractivity contribution in [2.45, 2.75) is 0 Å². The van der Waals surface area contributed by atoms with Crippen LogP contribution in [0.4, 0.5) is 0 Å². The molecule has 0 aliphatic carbocycles. The summed E-state index contributed by atoms with van der Waals surface area (Å²) < 4.78 is 4.91. The summed E-state index contributed by atoms with van der Waals surface area (Å²) in [6.45, 7) is 0. The molecule has 0 saturated carbocycles. The predicted molar refractivity (Wildman–Crippen MR) is 47.9 cm³/mol. The third kappa shape index (κ3) is 1.03. The molecule has 0 fully saturated rings. The maximum absolute atomic E-state index is 10.8. The fourth-order valence-corrected chi connectivity index (χ4v) is 1.12. The van der Waals surface area contributed by atoms with Gasteiger partial charge in [-0.2, -0.15) is 0 Å². The fraction of sp³-hybridized carbons (Fsp3) is 0. The predicted octanol–water partition coefficient (Wildman–Crippen LogP) is 0.587. The molecule has 1 aromatic carbocycles. The van der Waals surface area contributed by atoms with E-state index >= 15 is 0 Å². The Morgan fingerprint density at radius 3 is 2.83 bits per heavy atom. The van der Waals surface area contributed by atoms with E-state index in [9.17, 15) is 4.79 Å². The van der Waals surface area contributed by atoms with Crippen molar-refractivity contribution in [2.75, 3.05) is 0 Å². The molecule has 0 saturated heterocycles. The molecule has 0 unspecified atom stereocenters. The van der Waals surface area contributed by atoms with E-state index in [0.29, 0.717) is 11.0 Å². The average molecular weight is 156 g/mol. The first-order valence-electron chi connectivity index (χ1n) is 3.56. The van der Waals surface area contributed by atoms with Gasteiger partial charge in [-0.3, -0.25) is 0 Å². The minimum absolute atomic E-state index is 0.354. The zero-order valence-electron chi connectivity index (χ0n) is 6.28. The van der Waals surface area contributed by atoms with E-state index in [1.807, 2.05) is 0 Å². The summed E-state index contributed by atoms with van der Waals surface area (Å²) in [5.74, 6) is 0. The van der Waals surface area contributed by atoms with Gasteiger partial charge in [0.05, 0.1) is 0 Å². The Kier molecular flexibility index (Phi) is 1.50. The second-order valence-corrected chi connectivity index (χ2v) is 2.51. The number of fused-ring (bicyclic) bond motifs is 1. The summed E-state index contributed by atoms with van der Waals surface area (Å²) in [7, 11) is 5.64. The number of hydrogen-bond donors (Lipinski definition) is 0. The molecule has 2 radical (unpaired) electrons. The van der Waals surface area contributed by atoms with Crippen LogP contribution in [0.3, 0.4) is 0 Å². The van der Waals surface area contributed by atoms with Gasteiger partial charge in [0.15, 0.2) is 0 Å². The molecule has 2 rings (SSSR count). The highest BCUT2D eigenvalue weighted by Crippen LogP contribution is 2.06. The third-order valence-electron chi connectivity index (χ3n) is 1.70. The molecular weight excluding hydrogens is 151 g/mol. The van der Waals surface area contributed by atoms with Crippen molar-refractivity contribution < 1.29 is 4.42 Å². The molecule has 0 amide bonds. The largest absolute Gasteiger partial charge is 0.423 e. The lowest BCUT2D eigenvalue weighted by molar-refractivity contribution is 0.561. The second-order valence-electron chi connectivity index (χ2n) is 2.51. The van der Waals surface area contributed by atoms with Crippen LogP contribution in [0.1, 0.15) is 0 Å². The Hall–Kier alpha value is -1.51. The molecule has 0 spiro atoms. The van der Waals surface area contributed by atoms with Gasteiger partial charge in [-0.25, -0.2) is 4.79 Å². The SMILES string of the molecule is [B]c1cccc2oc(=O)ccc12. The summed E-state index contributed by atoms with van der Waals surface area (Å²) in [6, 6.07) is 8.26. The summed E-state index contributed by atoms with van der Waals surface area (Å²) in [5, 5.41) is 0.775. The minimum Gasteiger partial charge on any atom is -0.423 e. The molecule has 0 aliphatic heterocycles. The van der Waals surface area contributed by atoms with Crippen LogP contribution in [0.5, 0.6) is 0 Å². The molecule has 56 valence electrons. The summed E-state index contributed by atoms with van der Waals surface area (Å²) >= 11 is 0. The van der Waals surface area contributed by atoms with E-state index in [0.717, 1.165) is 5.39 Å². The average Bonchev–Trinajstić information content (AvgIpc) is 2.04. The molecule has 0 N–H and O–H groups in total. The Morgan fingerprint density at radius 1 is 1.17 bits per heavy atom. The summed E-state index contributed by atoms with van der Waals surface area (Å²) in [5.41, 5.74) is 0.798. The molecule has 2 aromatic rings. The van der Waals surface area contributed by atoms with E-state index in [2.05, 4.69) is 0 Å². The van der Waals surface area contributed by atoms with Crippen molar-refractivity contribution in [1.29, 1.82) is 0 Å². The van der Waals surface area contributed by atoms with Gasteiger partial charge < -0.3 is 4.42 Å². The molecule has 0 atom stereocenters. The van der Waals surface area contributed by atoms with Crippen LogP contribution in [0.2, 0.25) is 0 Å². The van der Waals surface area contributed by atoms with Gasteiger partial charge >= 0.3 is 5.63 Å². The van der Waals surface area contributed by atoms with Gasteiger partial charge in [0.1, 0.15) is 13.4 Å². The van der Waals surface area contributed by atoms with Gasteiger partial charge in [-0.15, -0.1) is 0 Å². The number of benzene rings is 1. The molecule has 12 heavy (non-hydrogen) atoms. The van der Waals surface area contributed by atoms with Crippen molar-refractivity contribution >= 4 is 24.3 Å². The summed E-state index contributed by atoms with van der Waals surface area (Å²) in [4.78, 5) is 10.8. The van der Waals surface area contributed by atoms with Crippen LogP contribution in [0, 0.1) is 0 Å². The quantitative estimate of drug-likeness (QED) is 0.412. The molecule has 1 aromatic heterocycles. The van der Waals surface area contributed by atoms with Gasteiger partial charge in [0.2, 0.25) is 0 Å². The minimum atomic E-state index is -0.354. The van der Waals surface area contributed by atoms with Crippen molar-refractivity contribution in [3.05, 3.63) is 40.8 Å². The molecule has 2 nitrogen and oxygen atoms in total. The lowest BCUT2D eigenvalue weighted by Crippen LogP contribution is -2.05. The molecule has 3 heteroatoms. The van der Waals surface area contributed by atoms with Crippen LogP contribution in [0.15, 0.2) is 39.5 Å². The Balaban J connectivity index is 2.96. The maximum Gasteiger partial charge on any atom is 0.336 e. The van der Waals surface area contributed by atoms with Crippen molar-refractivity contribution in [2.24, 2.45) is 0 Å². The van der Waals surface area contributed by atoms with Gasteiger partial charge in [-0.05, 0) is 12.1 Å². The number of rotatable bonds is 0. The van der Waals surface area contributed by atoms with Crippen LogP contribution in [0.25, 0.3) is 11.0 Å². The third-order valence-corrected chi connectivity index (χ3v) is 1.70. The van der Waals surface area contributed by atoms with E-state index in [1.165, 1.54) is 6.07 Å². The van der Waals surface area contributed by atoms with E-state index in [-0.39, 0.29) is 5.63 Å². The van der Waals surface area contributed by atoms with Crippen LogP contribution in [-0.2, 0) is 0 Å². The van der Waals surface area contributed by atoms with Crippen molar-refractivity contribution in [1.82, 2.24) is 0 Å². The molecule has 0 aliphatic rings. The highest BCUT2D eigenvalue weighted by atomic mass is 16.4. The zero-order chi connectivity index (χ0) is 8.55. The first-order chi connectivity index (χ1) is 5.77. The molecular formula is C9H5BO2. The smallest absolute Gasteiger partial charge is 0.336 e. The van der Waals surface area contributed by atoms with Gasteiger partial charge in [0.25, 0.3) is 0 Å². The van der Waals surface area contributed by atoms with Crippen LogP contribution >= 0.6 is 0 Å². The maximum atomic E-state index is 10.8. The lowest BCUT2D eigenvalue weighted by atomic mass is 9.92. The molecule has 0 bridgehead atoms. The first-order valence-corrected chi connectivity index (χ1v) is 3.56. The zero-order valence-corrected chi connectivity index (χ0v) is 6.28. The summed E-state index contributed by atoms with van der Waals surface area (Å²) in [6.07, 6.45) is 0. The Labute approximate surface area is 70.2 Å². The van der Waals surface area contributed by atoms with Crippen molar-refractivity contribution in [3.8, 4) is 0 Å². The fourth-order valence-electron chi connectivity index (χ4n) is 1.12. The van der Waals surface area contributed by atoms with E-state index in [4.69, 9.17) is 12.3 Å². The Morgan fingerprint density at radius 2 is 2.00 bits per heavy atom. The normalized spacial score (nSPS) is 10.3. The Bertz CT molecular complexity index is 473. The topological polar surface area (TPSA) is 30.2 Å². The van der Waals surface area contributed by atoms with E-state index in [1.54, 1.807) is 24.3 Å². The highest BCUT2D eigenvalue weighted by molar-refractivity contribution is 6.38. The lowest BCUT2D eigenvalue weighted by Gasteiger charge is -1.97. The van der Waals surface area contributed by atoms with Gasteiger partial charge in [-0.1, -0.05) is 17.6 Å². The standard InChI is InChI=1S/C9H5BO2/c10-7-2-1-3-8-6(7)4-5-9(11)12-8/h1-5H. The molecule has 1 heterocycles.